The van der Waals surface area contributed by atoms with E-state index in [1.165, 1.54) is 0 Å². The van der Waals surface area contributed by atoms with E-state index in [1.807, 2.05) is 6.92 Å². The molecular formula is C9H18O3. The standard InChI is InChI=1S/C9H18O3/c1-8(2)9(3)11-6-4-10-5-7-12-9/h8H,4-7H2,1-3H3. The Morgan fingerprint density at radius 1 is 1.00 bits per heavy atom. The highest BCUT2D eigenvalue weighted by molar-refractivity contribution is 4.68. The van der Waals surface area contributed by atoms with Gasteiger partial charge in [-0.15, -0.1) is 0 Å². The minimum Gasteiger partial charge on any atom is -0.377 e. The van der Waals surface area contributed by atoms with Crippen LogP contribution in [0.4, 0.5) is 0 Å². The Bertz CT molecular complexity index is 126. The molecule has 72 valence electrons. The number of hydrogen-bond acceptors (Lipinski definition) is 3. The second-order valence-corrected chi connectivity index (χ2v) is 3.48. The van der Waals surface area contributed by atoms with Crippen LogP contribution >= 0.6 is 0 Å². The van der Waals surface area contributed by atoms with Crippen LogP contribution in [-0.2, 0) is 14.2 Å². The molecule has 1 heterocycles. The normalized spacial score (nSPS) is 25.0. The van der Waals surface area contributed by atoms with E-state index in [1.54, 1.807) is 0 Å². The molecule has 1 aliphatic heterocycles. The molecule has 0 spiro atoms. The highest BCUT2D eigenvalue weighted by Crippen LogP contribution is 2.23. The van der Waals surface area contributed by atoms with Gasteiger partial charge in [-0.3, -0.25) is 0 Å². The summed E-state index contributed by atoms with van der Waals surface area (Å²) in [6.45, 7) is 8.77. The van der Waals surface area contributed by atoms with Crippen LogP contribution in [0, 0.1) is 5.92 Å². The molecule has 0 aromatic carbocycles. The molecule has 0 radical (unpaired) electrons. The summed E-state index contributed by atoms with van der Waals surface area (Å²) >= 11 is 0. The molecule has 0 saturated carbocycles. The van der Waals surface area contributed by atoms with Crippen molar-refractivity contribution in [2.24, 2.45) is 5.92 Å². The predicted octanol–water partition coefficient (Wildman–Crippen LogP) is 1.42. The molecule has 0 aliphatic carbocycles. The van der Waals surface area contributed by atoms with E-state index in [0.29, 0.717) is 32.3 Å². The molecule has 0 aromatic heterocycles. The molecule has 0 atom stereocenters. The van der Waals surface area contributed by atoms with E-state index in [9.17, 15) is 0 Å². The maximum absolute atomic E-state index is 5.58. The Morgan fingerprint density at radius 3 is 1.92 bits per heavy atom. The molecule has 0 N–H and O–H groups in total. The average Bonchev–Trinajstić information content (AvgIpc) is 1.97. The lowest BCUT2D eigenvalue weighted by molar-refractivity contribution is -0.270. The summed E-state index contributed by atoms with van der Waals surface area (Å²) in [6, 6.07) is 0. The molecule has 1 saturated heterocycles. The van der Waals surface area contributed by atoms with Crippen molar-refractivity contribution in [3.63, 3.8) is 0 Å². The molecule has 12 heavy (non-hydrogen) atoms. The fourth-order valence-electron chi connectivity index (χ4n) is 1.08. The minimum atomic E-state index is -0.427. The van der Waals surface area contributed by atoms with Gasteiger partial charge in [0.25, 0.3) is 0 Å². The first-order valence-electron chi connectivity index (χ1n) is 4.51. The second-order valence-electron chi connectivity index (χ2n) is 3.48. The van der Waals surface area contributed by atoms with Gasteiger partial charge in [-0.25, -0.2) is 0 Å². The summed E-state index contributed by atoms with van der Waals surface area (Å²) in [4.78, 5) is 0. The molecule has 0 bridgehead atoms. The van der Waals surface area contributed by atoms with Crippen molar-refractivity contribution in [2.45, 2.75) is 26.6 Å². The monoisotopic (exact) mass is 174 g/mol. The molecule has 1 fully saturated rings. The Labute approximate surface area is 74.0 Å². The summed E-state index contributed by atoms with van der Waals surface area (Å²) in [6.07, 6.45) is 0. The highest BCUT2D eigenvalue weighted by atomic mass is 16.7. The first-order valence-corrected chi connectivity index (χ1v) is 4.51. The summed E-state index contributed by atoms with van der Waals surface area (Å²) in [7, 11) is 0. The molecular weight excluding hydrogens is 156 g/mol. The van der Waals surface area contributed by atoms with E-state index >= 15 is 0 Å². The maximum Gasteiger partial charge on any atom is 0.167 e. The molecule has 3 heteroatoms. The summed E-state index contributed by atoms with van der Waals surface area (Å²) < 4.78 is 16.4. The fourth-order valence-corrected chi connectivity index (χ4v) is 1.08. The van der Waals surface area contributed by atoms with Crippen molar-refractivity contribution in [3.05, 3.63) is 0 Å². The van der Waals surface area contributed by atoms with Crippen molar-refractivity contribution >= 4 is 0 Å². The maximum atomic E-state index is 5.58. The molecule has 1 aliphatic rings. The van der Waals surface area contributed by atoms with E-state index in [0.717, 1.165) is 0 Å². The zero-order chi connectivity index (χ0) is 9.03. The van der Waals surface area contributed by atoms with Crippen molar-refractivity contribution in [2.75, 3.05) is 26.4 Å². The third-order valence-corrected chi connectivity index (χ3v) is 2.28. The molecule has 0 aromatic rings. The van der Waals surface area contributed by atoms with Gasteiger partial charge in [0, 0.05) is 5.92 Å². The van der Waals surface area contributed by atoms with Crippen molar-refractivity contribution < 1.29 is 14.2 Å². The van der Waals surface area contributed by atoms with Crippen molar-refractivity contribution in [3.8, 4) is 0 Å². The van der Waals surface area contributed by atoms with Gasteiger partial charge in [-0.05, 0) is 6.92 Å². The molecule has 0 unspecified atom stereocenters. The Kier molecular flexibility index (Phi) is 3.50. The van der Waals surface area contributed by atoms with E-state index in [-0.39, 0.29) is 0 Å². The Balaban J connectivity index is 2.48. The van der Waals surface area contributed by atoms with Gasteiger partial charge in [0.2, 0.25) is 0 Å². The summed E-state index contributed by atoms with van der Waals surface area (Å²) in [5, 5.41) is 0. The lowest BCUT2D eigenvalue weighted by Gasteiger charge is -2.35. The zero-order valence-corrected chi connectivity index (χ0v) is 8.13. The van der Waals surface area contributed by atoms with E-state index in [4.69, 9.17) is 14.2 Å². The predicted molar refractivity (Wildman–Crippen MR) is 46.0 cm³/mol. The minimum absolute atomic E-state index is 0.371. The van der Waals surface area contributed by atoms with Crippen LogP contribution in [0.5, 0.6) is 0 Å². The molecule has 3 nitrogen and oxygen atoms in total. The van der Waals surface area contributed by atoms with E-state index in [2.05, 4.69) is 13.8 Å². The first kappa shape index (κ1) is 9.96. The largest absolute Gasteiger partial charge is 0.377 e. The van der Waals surface area contributed by atoms with Gasteiger partial charge in [-0.2, -0.15) is 0 Å². The third kappa shape index (κ3) is 2.44. The average molecular weight is 174 g/mol. The van der Waals surface area contributed by atoms with Crippen LogP contribution in [-0.4, -0.2) is 32.2 Å². The topological polar surface area (TPSA) is 27.7 Å². The highest BCUT2D eigenvalue weighted by Gasteiger charge is 2.30. The van der Waals surface area contributed by atoms with Gasteiger partial charge in [0.1, 0.15) is 0 Å². The molecule has 0 amide bonds. The summed E-state index contributed by atoms with van der Waals surface area (Å²) in [5.74, 6) is -0.0559. The van der Waals surface area contributed by atoms with Crippen LogP contribution in [0.3, 0.4) is 0 Å². The van der Waals surface area contributed by atoms with Gasteiger partial charge in [-0.1, -0.05) is 13.8 Å². The van der Waals surface area contributed by atoms with Crippen LogP contribution in [0.15, 0.2) is 0 Å². The fraction of sp³-hybridized carbons (Fsp3) is 1.00. The van der Waals surface area contributed by atoms with Crippen LogP contribution in [0.25, 0.3) is 0 Å². The van der Waals surface area contributed by atoms with E-state index < -0.39 is 5.79 Å². The number of rotatable bonds is 1. The Hall–Kier alpha value is -0.120. The zero-order valence-electron chi connectivity index (χ0n) is 8.13. The third-order valence-electron chi connectivity index (χ3n) is 2.28. The van der Waals surface area contributed by atoms with Crippen LogP contribution in [0.2, 0.25) is 0 Å². The van der Waals surface area contributed by atoms with Gasteiger partial charge >= 0.3 is 0 Å². The van der Waals surface area contributed by atoms with Crippen molar-refractivity contribution in [1.29, 1.82) is 0 Å². The number of hydrogen-bond donors (Lipinski definition) is 0. The number of ether oxygens (including phenoxy) is 3. The lowest BCUT2D eigenvalue weighted by atomic mass is 10.1. The molecule has 1 rings (SSSR count). The summed E-state index contributed by atoms with van der Waals surface area (Å²) in [5.41, 5.74) is 0. The quantitative estimate of drug-likeness (QED) is 0.601. The Morgan fingerprint density at radius 2 is 1.50 bits per heavy atom. The SMILES string of the molecule is CC(C)C1(C)OCCOCCO1. The first-order chi connectivity index (χ1) is 5.65. The smallest absolute Gasteiger partial charge is 0.167 e. The van der Waals surface area contributed by atoms with Gasteiger partial charge in [0.15, 0.2) is 5.79 Å². The second kappa shape index (κ2) is 4.21. The van der Waals surface area contributed by atoms with Gasteiger partial charge in [0.05, 0.1) is 26.4 Å². The van der Waals surface area contributed by atoms with Crippen LogP contribution in [0.1, 0.15) is 20.8 Å². The lowest BCUT2D eigenvalue weighted by Crippen LogP contribution is -2.41. The van der Waals surface area contributed by atoms with Crippen molar-refractivity contribution in [1.82, 2.24) is 0 Å². The van der Waals surface area contributed by atoms with Crippen LogP contribution < -0.4 is 0 Å². The van der Waals surface area contributed by atoms with Gasteiger partial charge < -0.3 is 14.2 Å².